The first-order valence-electron chi connectivity index (χ1n) is 8.19. The highest BCUT2D eigenvalue weighted by Gasteiger charge is 2.36. The lowest BCUT2D eigenvalue weighted by molar-refractivity contribution is -0.117. The number of nitrogens with zero attached hydrogens (tertiary/aromatic N) is 1. The van der Waals surface area contributed by atoms with Gasteiger partial charge in [-0.15, -0.1) is 0 Å². The molecule has 1 saturated heterocycles. The van der Waals surface area contributed by atoms with Crippen molar-refractivity contribution in [3.8, 4) is 5.75 Å². The normalized spacial score (nSPS) is 18.1. The number of carbonyl (C=O) groups excluding carboxylic acids is 1. The number of anilines is 1. The molecule has 130 valence electrons. The third-order valence-corrected chi connectivity index (χ3v) is 5.89. The Morgan fingerprint density at radius 1 is 1.08 bits per heavy atom. The van der Waals surface area contributed by atoms with Gasteiger partial charge >= 0.3 is 10.2 Å². The maximum atomic E-state index is 12.2. The van der Waals surface area contributed by atoms with Gasteiger partial charge in [-0.25, -0.2) is 9.03 Å². The van der Waals surface area contributed by atoms with Gasteiger partial charge in [0.05, 0.1) is 5.69 Å². The fourth-order valence-electron chi connectivity index (χ4n) is 3.30. The van der Waals surface area contributed by atoms with E-state index in [4.69, 9.17) is 4.74 Å². The minimum Gasteiger partial charge on any atom is -0.487 e. The lowest BCUT2D eigenvalue weighted by Gasteiger charge is -2.20. The van der Waals surface area contributed by atoms with Gasteiger partial charge in [0, 0.05) is 0 Å². The van der Waals surface area contributed by atoms with Crippen molar-refractivity contribution >= 4 is 21.8 Å². The molecule has 1 heterocycles. The van der Waals surface area contributed by atoms with Crippen LogP contribution in [0.1, 0.15) is 23.1 Å². The summed E-state index contributed by atoms with van der Waals surface area (Å²) in [5, 5.41) is 0. The standard InChI is InChI=1S/C18H18N2O4S/c21-18-11-20(25(22,23)19-18)16-9-14-7-4-8-15(14)10-17(16)24-12-13-5-2-1-3-6-13/h1-3,5-6,9-10H,4,7-8,11-12H2,(H,19,21). The molecular formula is C18H18N2O4S. The second-order valence-electron chi connectivity index (χ2n) is 6.25. The van der Waals surface area contributed by atoms with Gasteiger partial charge in [-0.05, 0) is 48.1 Å². The molecule has 1 fully saturated rings. The van der Waals surface area contributed by atoms with Crippen LogP contribution in [-0.2, 0) is 34.5 Å². The van der Waals surface area contributed by atoms with E-state index in [9.17, 15) is 13.2 Å². The maximum Gasteiger partial charge on any atom is 0.326 e. The molecule has 2 aromatic carbocycles. The number of ether oxygens (including phenoxy) is 1. The van der Waals surface area contributed by atoms with Crippen LogP contribution in [0.15, 0.2) is 42.5 Å². The Bertz CT molecular complexity index is 926. The van der Waals surface area contributed by atoms with E-state index in [1.807, 2.05) is 47.2 Å². The molecule has 0 spiro atoms. The number of nitrogens with one attached hydrogen (secondary N) is 1. The molecule has 0 unspecified atom stereocenters. The molecule has 0 radical (unpaired) electrons. The monoisotopic (exact) mass is 358 g/mol. The Morgan fingerprint density at radius 2 is 1.80 bits per heavy atom. The number of hydrogen-bond donors (Lipinski definition) is 1. The van der Waals surface area contributed by atoms with Crippen molar-refractivity contribution in [2.75, 3.05) is 10.8 Å². The van der Waals surface area contributed by atoms with Crippen LogP contribution in [0.3, 0.4) is 0 Å². The number of carbonyl (C=O) groups is 1. The van der Waals surface area contributed by atoms with Crippen LogP contribution in [-0.4, -0.2) is 20.9 Å². The summed E-state index contributed by atoms with van der Waals surface area (Å²) in [6.45, 7) is 0.116. The van der Waals surface area contributed by atoms with Crippen LogP contribution in [0.5, 0.6) is 5.75 Å². The SMILES string of the molecule is O=C1CN(c2cc3c(cc2OCc2ccccc2)CCC3)S(=O)(=O)N1. The van der Waals surface area contributed by atoms with Gasteiger partial charge in [-0.1, -0.05) is 30.3 Å². The Balaban J connectivity index is 1.71. The molecule has 1 amide bonds. The molecule has 0 bridgehead atoms. The number of hydrogen-bond acceptors (Lipinski definition) is 4. The summed E-state index contributed by atoms with van der Waals surface area (Å²) in [5.74, 6) is -0.0425. The molecule has 2 aromatic rings. The molecule has 1 aliphatic heterocycles. The molecule has 0 aromatic heterocycles. The van der Waals surface area contributed by atoms with Crippen LogP contribution in [0.25, 0.3) is 0 Å². The minimum absolute atomic E-state index is 0.219. The molecule has 0 saturated carbocycles. The van der Waals surface area contributed by atoms with Crippen molar-refractivity contribution in [1.29, 1.82) is 0 Å². The smallest absolute Gasteiger partial charge is 0.326 e. The van der Waals surface area contributed by atoms with E-state index >= 15 is 0 Å². The van der Waals surface area contributed by atoms with Gasteiger partial charge in [-0.3, -0.25) is 4.79 Å². The molecule has 1 N–H and O–H groups in total. The summed E-state index contributed by atoms with van der Waals surface area (Å²) >= 11 is 0. The Morgan fingerprint density at radius 3 is 2.48 bits per heavy atom. The van der Waals surface area contributed by atoms with E-state index in [1.165, 1.54) is 5.56 Å². The fourth-order valence-corrected chi connectivity index (χ4v) is 4.45. The van der Waals surface area contributed by atoms with Gasteiger partial charge in [0.15, 0.2) is 0 Å². The highest BCUT2D eigenvalue weighted by Crippen LogP contribution is 2.38. The largest absolute Gasteiger partial charge is 0.487 e. The second kappa shape index (κ2) is 6.07. The predicted octanol–water partition coefficient (Wildman–Crippen LogP) is 1.94. The average Bonchev–Trinajstić information content (AvgIpc) is 3.15. The number of aryl methyl sites for hydroxylation is 2. The highest BCUT2D eigenvalue weighted by molar-refractivity contribution is 7.92. The number of amides is 1. The van der Waals surface area contributed by atoms with Crippen molar-refractivity contribution in [3.63, 3.8) is 0 Å². The molecule has 25 heavy (non-hydrogen) atoms. The summed E-state index contributed by atoms with van der Waals surface area (Å²) in [6.07, 6.45) is 2.92. The maximum absolute atomic E-state index is 12.2. The van der Waals surface area contributed by atoms with Crippen molar-refractivity contribution in [3.05, 3.63) is 59.2 Å². The summed E-state index contributed by atoms with van der Waals surface area (Å²) in [6, 6.07) is 13.4. The summed E-state index contributed by atoms with van der Waals surface area (Å²) in [7, 11) is -3.86. The first-order valence-corrected chi connectivity index (χ1v) is 9.63. The zero-order valence-corrected chi connectivity index (χ0v) is 14.4. The summed E-state index contributed by atoms with van der Waals surface area (Å²) < 4.78 is 33.5. The highest BCUT2D eigenvalue weighted by atomic mass is 32.2. The zero-order valence-electron chi connectivity index (χ0n) is 13.6. The van der Waals surface area contributed by atoms with Crippen LogP contribution in [0.2, 0.25) is 0 Å². The topological polar surface area (TPSA) is 75.7 Å². The molecule has 4 rings (SSSR count). The summed E-state index contributed by atoms with van der Waals surface area (Å²) in [5.41, 5.74) is 3.72. The fraction of sp³-hybridized carbons (Fsp3) is 0.278. The van der Waals surface area contributed by atoms with Crippen LogP contribution in [0, 0.1) is 0 Å². The lowest BCUT2D eigenvalue weighted by Crippen LogP contribution is -2.30. The second-order valence-corrected chi connectivity index (χ2v) is 7.85. The van der Waals surface area contributed by atoms with Crippen LogP contribution in [0.4, 0.5) is 5.69 Å². The van der Waals surface area contributed by atoms with Gasteiger partial charge in [0.2, 0.25) is 0 Å². The number of rotatable bonds is 4. The van der Waals surface area contributed by atoms with Gasteiger partial charge in [0.25, 0.3) is 5.91 Å². The number of benzene rings is 2. The van der Waals surface area contributed by atoms with E-state index in [0.29, 0.717) is 18.0 Å². The first-order chi connectivity index (χ1) is 12.0. The van der Waals surface area contributed by atoms with Gasteiger partial charge in [-0.2, -0.15) is 8.42 Å². The van der Waals surface area contributed by atoms with Gasteiger partial charge < -0.3 is 4.74 Å². The minimum atomic E-state index is -3.86. The third-order valence-electron chi connectivity index (χ3n) is 4.50. The molecule has 0 atom stereocenters. The first kappa shape index (κ1) is 16.0. The van der Waals surface area contributed by atoms with Crippen molar-refractivity contribution in [2.45, 2.75) is 25.9 Å². The average molecular weight is 358 g/mol. The molecule has 1 aliphatic carbocycles. The Hall–Kier alpha value is -2.54. The van der Waals surface area contributed by atoms with Crippen molar-refractivity contribution in [2.24, 2.45) is 0 Å². The van der Waals surface area contributed by atoms with Gasteiger partial charge in [0.1, 0.15) is 18.9 Å². The third kappa shape index (κ3) is 3.07. The molecule has 6 nitrogen and oxygen atoms in total. The van der Waals surface area contributed by atoms with E-state index in [2.05, 4.69) is 0 Å². The number of fused-ring (bicyclic) bond motifs is 1. The van der Waals surface area contributed by atoms with Crippen LogP contribution >= 0.6 is 0 Å². The zero-order chi connectivity index (χ0) is 17.4. The molecule has 2 aliphatic rings. The van der Waals surface area contributed by atoms with Crippen molar-refractivity contribution in [1.82, 2.24) is 4.72 Å². The summed E-state index contributed by atoms with van der Waals surface area (Å²) in [4.78, 5) is 11.6. The Kier molecular flexibility index (Phi) is 3.88. The van der Waals surface area contributed by atoms with E-state index < -0.39 is 16.1 Å². The van der Waals surface area contributed by atoms with E-state index in [-0.39, 0.29) is 6.54 Å². The quantitative estimate of drug-likeness (QED) is 0.906. The van der Waals surface area contributed by atoms with Crippen LogP contribution < -0.4 is 13.8 Å². The lowest BCUT2D eigenvalue weighted by atomic mass is 10.1. The Labute approximate surface area is 146 Å². The van der Waals surface area contributed by atoms with Crippen molar-refractivity contribution < 1.29 is 17.9 Å². The molecular weight excluding hydrogens is 340 g/mol. The molecule has 7 heteroatoms. The van der Waals surface area contributed by atoms with E-state index in [1.54, 1.807) is 0 Å². The van der Waals surface area contributed by atoms with E-state index in [0.717, 1.165) is 34.7 Å². The predicted molar refractivity (Wildman–Crippen MR) is 93.6 cm³/mol.